The highest BCUT2D eigenvalue weighted by molar-refractivity contribution is 5.95. The first-order chi connectivity index (χ1) is 13.4. The fourth-order valence-electron chi connectivity index (χ4n) is 2.75. The number of nitrogens with one attached hydrogen (secondary N) is 1. The maximum Gasteiger partial charge on any atom is 0.311 e. The molecule has 0 aromatic heterocycles. The van der Waals surface area contributed by atoms with E-state index in [9.17, 15) is 22.8 Å². The van der Waals surface area contributed by atoms with E-state index in [1.54, 1.807) is 6.07 Å². The Hall–Kier alpha value is -3.35. The van der Waals surface area contributed by atoms with Gasteiger partial charge in [-0.3, -0.25) is 9.59 Å². The minimum Gasteiger partial charge on any atom is -0.452 e. The molecule has 0 saturated carbocycles. The van der Waals surface area contributed by atoms with Gasteiger partial charge in [0.25, 0.3) is 5.91 Å². The van der Waals surface area contributed by atoms with Crippen LogP contribution in [0.25, 0.3) is 10.8 Å². The number of hydrogen-bond donors (Lipinski definition) is 1. The Morgan fingerprint density at radius 2 is 1.68 bits per heavy atom. The lowest BCUT2D eigenvalue weighted by molar-refractivity contribution is -0.152. The SMILES string of the molecule is C[C@@H](OC(=O)Cc1cccc2ccccc12)C(=O)Nc1ccc(F)c(F)c1F. The zero-order valence-electron chi connectivity index (χ0n) is 14.8. The fraction of sp³-hybridized carbons (Fsp3) is 0.143. The number of rotatable bonds is 5. The van der Waals surface area contributed by atoms with E-state index in [4.69, 9.17) is 4.74 Å². The van der Waals surface area contributed by atoms with Gasteiger partial charge in [0.2, 0.25) is 0 Å². The molecule has 4 nitrogen and oxygen atoms in total. The van der Waals surface area contributed by atoms with Crippen LogP contribution >= 0.6 is 0 Å². The van der Waals surface area contributed by atoms with E-state index in [-0.39, 0.29) is 6.42 Å². The Labute approximate surface area is 158 Å². The minimum absolute atomic E-state index is 0.0570. The van der Waals surface area contributed by atoms with Crippen molar-refractivity contribution in [3.05, 3.63) is 77.6 Å². The van der Waals surface area contributed by atoms with Gasteiger partial charge in [-0.15, -0.1) is 0 Å². The van der Waals surface area contributed by atoms with Gasteiger partial charge in [0.05, 0.1) is 12.1 Å². The molecule has 0 saturated heterocycles. The van der Waals surface area contributed by atoms with Gasteiger partial charge in [0, 0.05) is 0 Å². The van der Waals surface area contributed by atoms with Crippen LogP contribution in [0.3, 0.4) is 0 Å². The second kappa shape index (κ2) is 8.12. The van der Waals surface area contributed by atoms with Crippen molar-refractivity contribution >= 4 is 28.3 Å². The smallest absolute Gasteiger partial charge is 0.311 e. The van der Waals surface area contributed by atoms with E-state index in [2.05, 4.69) is 5.32 Å². The molecular weight excluding hydrogens is 371 g/mol. The van der Waals surface area contributed by atoms with Crippen molar-refractivity contribution in [3.63, 3.8) is 0 Å². The Balaban J connectivity index is 1.65. The second-order valence-corrected chi connectivity index (χ2v) is 6.16. The number of fused-ring (bicyclic) bond motifs is 1. The van der Waals surface area contributed by atoms with Crippen molar-refractivity contribution in [3.8, 4) is 0 Å². The van der Waals surface area contributed by atoms with Crippen molar-refractivity contribution in [2.45, 2.75) is 19.4 Å². The van der Waals surface area contributed by atoms with Crippen molar-refractivity contribution in [2.24, 2.45) is 0 Å². The van der Waals surface area contributed by atoms with Crippen molar-refractivity contribution in [1.82, 2.24) is 0 Å². The highest BCUT2D eigenvalue weighted by atomic mass is 19.2. The van der Waals surface area contributed by atoms with E-state index < -0.39 is 41.1 Å². The van der Waals surface area contributed by atoms with E-state index in [1.807, 2.05) is 36.4 Å². The lowest BCUT2D eigenvalue weighted by Gasteiger charge is -2.14. The molecule has 0 heterocycles. The number of esters is 1. The summed E-state index contributed by atoms with van der Waals surface area (Å²) in [4.78, 5) is 24.3. The quantitative estimate of drug-likeness (QED) is 0.523. The van der Waals surface area contributed by atoms with Crippen LogP contribution in [-0.2, 0) is 20.7 Å². The summed E-state index contributed by atoms with van der Waals surface area (Å²) in [5.74, 6) is -6.10. The summed E-state index contributed by atoms with van der Waals surface area (Å²) in [6, 6.07) is 14.6. The van der Waals surface area contributed by atoms with Crippen molar-refractivity contribution < 1.29 is 27.5 Å². The first-order valence-electron chi connectivity index (χ1n) is 8.47. The predicted molar refractivity (Wildman–Crippen MR) is 98.2 cm³/mol. The number of benzene rings is 3. The third-order valence-corrected chi connectivity index (χ3v) is 4.19. The molecule has 0 bridgehead atoms. The largest absolute Gasteiger partial charge is 0.452 e. The van der Waals surface area contributed by atoms with Crippen LogP contribution < -0.4 is 5.32 Å². The average Bonchev–Trinajstić information content (AvgIpc) is 2.68. The summed E-state index contributed by atoms with van der Waals surface area (Å²) in [6.07, 6.45) is -1.31. The van der Waals surface area contributed by atoms with Crippen LogP contribution in [0.1, 0.15) is 12.5 Å². The highest BCUT2D eigenvalue weighted by Crippen LogP contribution is 2.21. The summed E-state index contributed by atoms with van der Waals surface area (Å²) in [5.41, 5.74) is 0.197. The van der Waals surface area contributed by atoms with E-state index >= 15 is 0 Å². The molecule has 3 rings (SSSR count). The number of carbonyl (C=O) groups excluding carboxylic acids is 2. The number of halogens is 3. The molecule has 1 amide bonds. The monoisotopic (exact) mass is 387 g/mol. The first kappa shape index (κ1) is 19.4. The molecule has 0 fully saturated rings. The van der Waals surface area contributed by atoms with Gasteiger partial charge < -0.3 is 10.1 Å². The Morgan fingerprint density at radius 1 is 0.964 bits per heavy atom. The molecule has 1 atom stereocenters. The fourth-order valence-corrected chi connectivity index (χ4v) is 2.75. The van der Waals surface area contributed by atoms with Crippen LogP contribution in [0.4, 0.5) is 18.9 Å². The van der Waals surface area contributed by atoms with Gasteiger partial charge in [-0.25, -0.2) is 13.2 Å². The molecule has 1 N–H and O–H groups in total. The van der Waals surface area contributed by atoms with Gasteiger partial charge >= 0.3 is 5.97 Å². The zero-order valence-corrected chi connectivity index (χ0v) is 14.8. The highest BCUT2D eigenvalue weighted by Gasteiger charge is 2.21. The van der Waals surface area contributed by atoms with E-state index in [1.165, 1.54) is 6.92 Å². The molecule has 28 heavy (non-hydrogen) atoms. The van der Waals surface area contributed by atoms with Crippen LogP contribution in [0.2, 0.25) is 0 Å². The van der Waals surface area contributed by atoms with E-state index in [0.717, 1.165) is 22.4 Å². The molecule has 3 aromatic rings. The molecule has 3 aromatic carbocycles. The predicted octanol–water partition coefficient (Wildman–Crippen LogP) is 4.37. The maximum absolute atomic E-state index is 13.6. The van der Waals surface area contributed by atoms with Crippen LogP contribution in [-0.4, -0.2) is 18.0 Å². The third-order valence-electron chi connectivity index (χ3n) is 4.19. The van der Waals surface area contributed by atoms with Crippen molar-refractivity contribution in [1.29, 1.82) is 0 Å². The summed E-state index contributed by atoms with van der Waals surface area (Å²) >= 11 is 0. The van der Waals surface area contributed by atoms with Gasteiger partial charge in [-0.05, 0) is 35.4 Å². The first-order valence-corrected chi connectivity index (χ1v) is 8.47. The molecule has 7 heteroatoms. The summed E-state index contributed by atoms with van der Waals surface area (Å²) < 4.78 is 44.9. The standard InChI is InChI=1S/C21H16F3NO3/c1-12(21(27)25-17-10-9-16(22)19(23)20(17)24)28-18(26)11-14-7-4-6-13-5-2-3-8-15(13)14/h2-10,12H,11H2,1H3,(H,25,27)/t12-/m1/s1. The number of hydrogen-bond acceptors (Lipinski definition) is 3. The van der Waals surface area contributed by atoms with Crippen LogP contribution in [0, 0.1) is 17.5 Å². The topological polar surface area (TPSA) is 55.4 Å². The lowest BCUT2D eigenvalue weighted by atomic mass is 10.0. The number of anilines is 1. The maximum atomic E-state index is 13.6. The molecule has 0 spiro atoms. The van der Waals surface area contributed by atoms with Gasteiger partial charge in [-0.2, -0.15) is 0 Å². The van der Waals surface area contributed by atoms with Gasteiger partial charge in [-0.1, -0.05) is 42.5 Å². The molecule has 144 valence electrons. The molecule has 0 aliphatic rings. The Kier molecular flexibility index (Phi) is 5.63. The normalized spacial score (nSPS) is 11.9. The molecule has 0 aliphatic heterocycles. The summed E-state index contributed by atoms with van der Waals surface area (Å²) in [7, 11) is 0. The summed E-state index contributed by atoms with van der Waals surface area (Å²) in [5, 5.41) is 3.94. The Bertz CT molecular complexity index is 1050. The third kappa shape index (κ3) is 4.14. The Morgan fingerprint density at radius 3 is 2.46 bits per heavy atom. The molecule has 0 unspecified atom stereocenters. The minimum atomic E-state index is -1.70. The summed E-state index contributed by atoms with van der Waals surface area (Å²) in [6.45, 7) is 1.30. The van der Waals surface area contributed by atoms with E-state index in [0.29, 0.717) is 6.07 Å². The zero-order chi connectivity index (χ0) is 20.3. The molecule has 0 aliphatic carbocycles. The van der Waals surface area contributed by atoms with Crippen molar-refractivity contribution in [2.75, 3.05) is 5.32 Å². The number of ether oxygens (including phenoxy) is 1. The van der Waals surface area contributed by atoms with Crippen LogP contribution in [0.5, 0.6) is 0 Å². The van der Waals surface area contributed by atoms with Gasteiger partial charge in [0.15, 0.2) is 23.6 Å². The average molecular weight is 387 g/mol. The lowest BCUT2D eigenvalue weighted by Crippen LogP contribution is -2.31. The number of carbonyl (C=O) groups is 2. The number of amides is 1. The molecular formula is C21H16F3NO3. The molecule has 0 radical (unpaired) electrons. The second-order valence-electron chi connectivity index (χ2n) is 6.16. The van der Waals surface area contributed by atoms with Crippen LogP contribution in [0.15, 0.2) is 54.6 Å². The van der Waals surface area contributed by atoms with Gasteiger partial charge in [0.1, 0.15) is 0 Å².